The first-order chi connectivity index (χ1) is 8.42. The summed E-state index contributed by atoms with van der Waals surface area (Å²) in [6, 6.07) is 6.60. The maximum atomic E-state index is 10.8. The molecule has 1 rings (SSSR count). The molecule has 100 valence electrons. The van der Waals surface area contributed by atoms with Crippen molar-refractivity contribution >= 4 is 14.4 Å². The molecule has 1 aromatic rings. The Bertz CT molecular complexity index is 397. The number of hydrogen-bond acceptors (Lipinski definition) is 3. The van der Waals surface area contributed by atoms with Gasteiger partial charge in [0.15, 0.2) is 6.79 Å². The lowest BCUT2D eigenvalue weighted by Crippen LogP contribution is -2.22. The van der Waals surface area contributed by atoms with Crippen LogP contribution in [0.2, 0.25) is 25.7 Å². The van der Waals surface area contributed by atoms with Crippen molar-refractivity contribution in [3.8, 4) is 5.75 Å². The van der Waals surface area contributed by atoms with Gasteiger partial charge in [0, 0.05) is 20.2 Å². The number of aldehydes is 1. The van der Waals surface area contributed by atoms with Crippen molar-refractivity contribution in [3.63, 3.8) is 0 Å². The third kappa shape index (κ3) is 5.47. The van der Waals surface area contributed by atoms with Crippen LogP contribution in [0.5, 0.6) is 5.75 Å². The van der Waals surface area contributed by atoms with Gasteiger partial charge in [-0.25, -0.2) is 0 Å². The lowest BCUT2D eigenvalue weighted by molar-refractivity contribution is 0.0220. The number of rotatable bonds is 7. The molecule has 1 aromatic carbocycles. The van der Waals surface area contributed by atoms with Crippen LogP contribution >= 0.6 is 0 Å². The highest BCUT2D eigenvalue weighted by Gasteiger charge is 2.11. The van der Waals surface area contributed by atoms with E-state index in [1.807, 2.05) is 19.1 Å². The van der Waals surface area contributed by atoms with E-state index >= 15 is 0 Å². The zero-order chi connectivity index (χ0) is 13.6. The summed E-state index contributed by atoms with van der Waals surface area (Å²) in [6.45, 7) is 9.82. The third-order valence-corrected chi connectivity index (χ3v) is 4.39. The van der Waals surface area contributed by atoms with Gasteiger partial charge < -0.3 is 9.47 Å². The molecule has 0 fully saturated rings. The Morgan fingerprint density at radius 1 is 1.28 bits per heavy atom. The van der Waals surface area contributed by atoms with Gasteiger partial charge in [-0.2, -0.15) is 0 Å². The Balaban J connectivity index is 2.34. The molecule has 0 bridgehead atoms. The maximum absolute atomic E-state index is 10.8. The predicted octanol–water partition coefficient (Wildman–Crippen LogP) is 3.50. The van der Waals surface area contributed by atoms with Crippen molar-refractivity contribution in [1.82, 2.24) is 0 Å². The van der Waals surface area contributed by atoms with Crippen molar-refractivity contribution in [3.05, 3.63) is 29.3 Å². The number of carbonyl (C=O) groups excluding carboxylic acids is 1. The lowest BCUT2D eigenvalue weighted by atomic mass is 10.1. The average molecular weight is 266 g/mol. The van der Waals surface area contributed by atoms with E-state index in [1.54, 1.807) is 6.07 Å². The fourth-order valence-electron chi connectivity index (χ4n) is 1.38. The number of carbonyl (C=O) groups is 1. The molecule has 0 heterocycles. The van der Waals surface area contributed by atoms with E-state index in [0.717, 1.165) is 24.5 Å². The SMILES string of the molecule is Cc1ccc(OCOCC[Si](C)(C)C)cc1C=O. The van der Waals surface area contributed by atoms with Crippen LogP contribution in [0.4, 0.5) is 0 Å². The minimum absolute atomic E-state index is 0.242. The van der Waals surface area contributed by atoms with Gasteiger partial charge in [-0.15, -0.1) is 0 Å². The molecule has 3 nitrogen and oxygen atoms in total. The fourth-order valence-corrected chi connectivity index (χ4v) is 2.14. The van der Waals surface area contributed by atoms with E-state index in [2.05, 4.69) is 19.6 Å². The summed E-state index contributed by atoms with van der Waals surface area (Å²) in [5.74, 6) is 0.677. The van der Waals surface area contributed by atoms with Gasteiger partial charge in [0.05, 0.1) is 0 Å². The molecular formula is C14H22O3Si. The molecule has 0 atom stereocenters. The minimum Gasteiger partial charge on any atom is -0.468 e. The van der Waals surface area contributed by atoms with Crippen LogP contribution in [0.3, 0.4) is 0 Å². The molecule has 0 saturated heterocycles. The molecule has 0 radical (unpaired) electrons. The molecule has 0 aliphatic carbocycles. The number of benzene rings is 1. The second-order valence-electron chi connectivity index (χ2n) is 5.62. The molecule has 18 heavy (non-hydrogen) atoms. The van der Waals surface area contributed by atoms with Gasteiger partial charge >= 0.3 is 0 Å². The summed E-state index contributed by atoms with van der Waals surface area (Å²) in [6.07, 6.45) is 0.842. The lowest BCUT2D eigenvalue weighted by Gasteiger charge is -2.15. The molecule has 0 unspecified atom stereocenters. The van der Waals surface area contributed by atoms with Gasteiger partial charge in [0.2, 0.25) is 0 Å². The Hall–Kier alpha value is -1.13. The molecule has 0 spiro atoms. The van der Waals surface area contributed by atoms with Crippen molar-refractivity contribution in [2.24, 2.45) is 0 Å². The van der Waals surface area contributed by atoms with E-state index in [-0.39, 0.29) is 6.79 Å². The predicted molar refractivity (Wildman–Crippen MR) is 76.2 cm³/mol. The minimum atomic E-state index is -1.04. The second kappa shape index (κ2) is 6.71. The summed E-state index contributed by atoms with van der Waals surface area (Å²) in [5.41, 5.74) is 1.62. The Kier molecular flexibility index (Phi) is 5.56. The Labute approximate surface area is 110 Å². The third-order valence-electron chi connectivity index (χ3n) is 2.68. The van der Waals surface area contributed by atoms with Crippen molar-refractivity contribution in [2.45, 2.75) is 32.6 Å². The Morgan fingerprint density at radius 3 is 2.61 bits per heavy atom. The highest BCUT2D eigenvalue weighted by Crippen LogP contribution is 2.16. The van der Waals surface area contributed by atoms with Crippen LogP contribution in [-0.4, -0.2) is 27.8 Å². The number of hydrogen-bond donors (Lipinski definition) is 0. The summed E-state index contributed by atoms with van der Waals surface area (Å²) in [4.78, 5) is 10.8. The monoisotopic (exact) mass is 266 g/mol. The standard InChI is InChI=1S/C14H22O3Si/c1-12-5-6-14(9-13(12)10-15)17-11-16-7-8-18(2,3)4/h5-6,9-10H,7-8,11H2,1-4H3. The highest BCUT2D eigenvalue weighted by molar-refractivity contribution is 6.76. The molecule has 0 aromatic heterocycles. The van der Waals surface area contributed by atoms with Crippen molar-refractivity contribution in [1.29, 1.82) is 0 Å². The number of aryl methyl sites for hydroxylation is 1. The van der Waals surface area contributed by atoms with Crippen molar-refractivity contribution < 1.29 is 14.3 Å². The quantitative estimate of drug-likeness (QED) is 0.328. The van der Waals surface area contributed by atoms with E-state index in [1.165, 1.54) is 0 Å². The Morgan fingerprint density at radius 2 is 2.00 bits per heavy atom. The molecule has 0 aliphatic rings. The average Bonchev–Trinajstić information content (AvgIpc) is 2.29. The van der Waals surface area contributed by atoms with Crippen LogP contribution in [0.1, 0.15) is 15.9 Å². The number of ether oxygens (including phenoxy) is 2. The summed E-state index contributed by atoms with van der Waals surface area (Å²) < 4.78 is 10.9. The van der Waals surface area contributed by atoms with Crippen LogP contribution in [0.15, 0.2) is 18.2 Å². The van der Waals surface area contributed by atoms with Gasteiger partial charge in [-0.05, 0) is 30.7 Å². The smallest absolute Gasteiger partial charge is 0.189 e. The second-order valence-corrected chi connectivity index (χ2v) is 11.2. The zero-order valence-corrected chi connectivity index (χ0v) is 12.7. The fraction of sp³-hybridized carbons (Fsp3) is 0.500. The highest BCUT2D eigenvalue weighted by atomic mass is 28.3. The molecule has 0 amide bonds. The first-order valence-electron chi connectivity index (χ1n) is 6.19. The summed E-state index contributed by atoms with van der Waals surface area (Å²) in [5, 5.41) is 0. The van der Waals surface area contributed by atoms with Crippen LogP contribution in [0, 0.1) is 6.92 Å². The van der Waals surface area contributed by atoms with E-state index in [4.69, 9.17) is 9.47 Å². The summed E-state index contributed by atoms with van der Waals surface area (Å²) in [7, 11) is -1.04. The van der Waals surface area contributed by atoms with Crippen LogP contribution in [0.25, 0.3) is 0 Å². The van der Waals surface area contributed by atoms with E-state index < -0.39 is 8.07 Å². The normalized spacial score (nSPS) is 11.3. The maximum Gasteiger partial charge on any atom is 0.189 e. The first kappa shape index (κ1) is 14.9. The topological polar surface area (TPSA) is 35.5 Å². The van der Waals surface area contributed by atoms with Crippen molar-refractivity contribution in [2.75, 3.05) is 13.4 Å². The van der Waals surface area contributed by atoms with Gasteiger partial charge in [-0.3, -0.25) is 4.79 Å². The molecule has 0 N–H and O–H groups in total. The van der Waals surface area contributed by atoms with Gasteiger partial charge in [0.25, 0.3) is 0 Å². The van der Waals surface area contributed by atoms with Crippen LogP contribution < -0.4 is 4.74 Å². The van der Waals surface area contributed by atoms with Crippen LogP contribution in [-0.2, 0) is 4.74 Å². The molecule has 0 aliphatic heterocycles. The van der Waals surface area contributed by atoms with Gasteiger partial charge in [-0.1, -0.05) is 25.7 Å². The zero-order valence-electron chi connectivity index (χ0n) is 11.7. The molecular weight excluding hydrogens is 244 g/mol. The molecule has 0 saturated carbocycles. The largest absolute Gasteiger partial charge is 0.468 e. The van der Waals surface area contributed by atoms with E-state index in [9.17, 15) is 4.79 Å². The van der Waals surface area contributed by atoms with E-state index in [0.29, 0.717) is 11.3 Å². The van der Waals surface area contributed by atoms with Gasteiger partial charge in [0.1, 0.15) is 12.0 Å². The summed E-state index contributed by atoms with van der Waals surface area (Å²) >= 11 is 0. The first-order valence-corrected chi connectivity index (χ1v) is 9.89. The molecule has 4 heteroatoms.